The molecule has 0 saturated heterocycles. The van der Waals surface area contributed by atoms with Crippen LogP contribution in [0.4, 0.5) is 11.5 Å². The smallest absolute Gasteiger partial charge is 0.303 e. The van der Waals surface area contributed by atoms with Gasteiger partial charge in [0.2, 0.25) is 0 Å². The summed E-state index contributed by atoms with van der Waals surface area (Å²) in [7, 11) is 3.67. The Morgan fingerprint density at radius 3 is 2.32 bits per heavy atom. The van der Waals surface area contributed by atoms with Gasteiger partial charge in [-0.15, -0.1) is 0 Å². The molecule has 0 radical (unpaired) electrons. The van der Waals surface area contributed by atoms with Crippen molar-refractivity contribution in [2.45, 2.75) is 64.3 Å². The van der Waals surface area contributed by atoms with Gasteiger partial charge in [-0.25, -0.2) is 15.0 Å². The maximum absolute atomic E-state index is 11.9. The monoisotopic (exact) mass is 538 g/mol. The topological polar surface area (TPSA) is 160 Å². The van der Waals surface area contributed by atoms with Crippen molar-refractivity contribution >= 4 is 58.5 Å². The molecule has 0 spiro atoms. The van der Waals surface area contributed by atoms with Gasteiger partial charge in [0.15, 0.2) is 22.7 Å². The summed E-state index contributed by atoms with van der Waals surface area (Å²) in [5.74, 6) is -1.35. The number of thioether (sulfide) groups is 1. The van der Waals surface area contributed by atoms with Crippen LogP contribution in [0.2, 0.25) is 0 Å². The number of rotatable bonds is 12. The number of anilines is 1. The first-order valence-corrected chi connectivity index (χ1v) is 12.6. The lowest BCUT2D eigenvalue weighted by molar-refractivity contribution is -0.192. The molecule has 0 fully saturated rings. The van der Waals surface area contributed by atoms with E-state index in [1.807, 2.05) is 20.4 Å². The van der Waals surface area contributed by atoms with Crippen LogP contribution in [0.3, 0.4) is 0 Å². The lowest BCUT2D eigenvalue weighted by Gasteiger charge is -2.32. The lowest BCUT2D eigenvalue weighted by Crippen LogP contribution is -2.46. The predicted octanol–water partition coefficient (Wildman–Crippen LogP) is 2.31. The Morgan fingerprint density at radius 2 is 1.78 bits per heavy atom. The number of nitrogens with two attached hydrogens (primary N) is 1. The molecule has 0 bridgehead atoms. The van der Waals surface area contributed by atoms with Crippen LogP contribution >= 0.6 is 11.8 Å². The minimum Gasteiger partial charge on any atom is -0.463 e. The van der Waals surface area contributed by atoms with E-state index in [0.29, 0.717) is 27.7 Å². The molecule has 4 atom stereocenters. The van der Waals surface area contributed by atoms with E-state index in [1.165, 1.54) is 32.5 Å². The van der Waals surface area contributed by atoms with Gasteiger partial charge in [-0.3, -0.25) is 14.4 Å². The van der Waals surface area contributed by atoms with E-state index in [9.17, 15) is 14.4 Å². The highest BCUT2D eigenvalue weighted by molar-refractivity contribution is 7.98. The summed E-state index contributed by atoms with van der Waals surface area (Å²) >= 11 is 1.34. The first-order chi connectivity index (χ1) is 17.3. The van der Waals surface area contributed by atoms with Gasteiger partial charge >= 0.3 is 17.9 Å². The van der Waals surface area contributed by atoms with Crippen LogP contribution in [0, 0.1) is 0 Å². The SMILES string of the molecule is CSc1nc(N=CN(C)C)c2c(N)cn(C(C)O[C@H](COC(C)=O)[C@@H](OC(C)=O)C(C)OC(C)=O)c2n1. The van der Waals surface area contributed by atoms with Gasteiger partial charge < -0.3 is 34.1 Å². The highest BCUT2D eigenvalue weighted by Gasteiger charge is 2.35. The molecule has 0 aliphatic carbocycles. The zero-order chi connectivity index (χ0) is 27.9. The maximum atomic E-state index is 11.9. The van der Waals surface area contributed by atoms with Crippen LogP contribution in [-0.4, -0.2) is 89.0 Å². The molecular weight excluding hydrogens is 504 g/mol. The van der Waals surface area contributed by atoms with Gasteiger partial charge in [-0.2, -0.15) is 0 Å². The number of hydrogen-bond acceptors (Lipinski definition) is 12. The Balaban J connectivity index is 2.53. The number of ether oxygens (including phenoxy) is 4. The fourth-order valence-corrected chi connectivity index (χ4v) is 3.85. The minimum atomic E-state index is -1.07. The van der Waals surface area contributed by atoms with E-state index in [4.69, 9.17) is 24.7 Å². The summed E-state index contributed by atoms with van der Waals surface area (Å²) in [5, 5.41) is 1.01. The predicted molar refractivity (Wildman–Crippen MR) is 139 cm³/mol. The van der Waals surface area contributed by atoms with Gasteiger partial charge in [0, 0.05) is 41.1 Å². The Hall–Kier alpha value is -3.39. The van der Waals surface area contributed by atoms with Crippen LogP contribution in [0.5, 0.6) is 0 Å². The number of esters is 3. The molecule has 0 aromatic carbocycles. The number of fused-ring (bicyclic) bond motifs is 1. The Kier molecular flexibility index (Phi) is 10.7. The minimum absolute atomic E-state index is 0.263. The number of nitrogens with zero attached hydrogens (tertiary/aromatic N) is 5. The van der Waals surface area contributed by atoms with E-state index in [2.05, 4.69) is 15.0 Å². The summed E-state index contributed by atoms with van der Waals surface area (Å²) in [6.07, 6.45) is 1.39. The molecule has 0 aliphatic heterocycles. The van der Waals surface area contributed by atoms with Crippen LogP contribution < -0.4 is 5.73 Å². The summed E-state index contributed by atoms with van der Waals surface area (Å²) < 4.78 is 23.8. The van der Waals surface area contributed by atoms with Gasteiger partial charge in [0.05, 0.1) is 17.4 Å². The normalized spacial score (nSPS) is 14.7. The molecule has 13 nitrogen and oxygen atoms in total. The third kappa shape index (κ3) is 8.32. The van der Waals surface area contributed by atoms with Crippen LogP contribution in [-0.2, 0) is 33.3 Å². The van der Waals surface area contributed by atoms with E-state index in [-0.39, 0.29) is 6.61 Å². The molecule has 2 rings (SSSR count). The van der Waals surface area contributed by atoms with E-state index in [0.717, 1.165) is 0 Å². The fourth-order valence-electron chi connectivity index (χ4n) is 3.49. The standard InChI is InChI=1S/C23H34N6O7S/c1-12(34-15(4)31)20(36-16(5)32)18(10-33-14(3)30)35-13(2)29-9-17(24)19-21(25-11-28(6)7)26-23(37-8)27-22(19)29/h9,11-13,18,20H,10,24H2,1-8H3/t12?,13?,18-,20+/m1/s1. The first-order valence-electron chi connectivity index (χ1n) is 11.4. The van der Waals surface area contributed by atoms with Crippen molar-refractivity contribution < 1.29 is 33.3 Å². The lowest BCUT2D eigenvalue weighted by atomic mass is 10.1. The average molecular weight is 539 g/mol. The summed E-state index contributed by atoms with van der Waals surface area (Å²) in [6, 6.07) is 0. The molecular formula is C23H34N6O7S. The third-order valence-corrected chi connectivity index (χ3v) is 5.50. The summed E-state index contributed by atoms with van der Waals surface area (Å²) in [4.78, 5) is 50.3. The van der Waals surface area contributed by atoms with Crippen molar-refractivity contribution in [3.63, 3.8) is 0 Å². The van der Waals surface area contributed by atoms with E-state index in [1.54, 1.807) is 35.8 Å². The maximum Gasteiger partial charge on any atom is 0.303 e. The molecule has 2 heterocycles. The van der Waals surface area contributed by atoms with Gasteiger partial charge in [0.1, 0.15) is 25.0 Å². The zero-order valence-electron chi connectivity index (χ0n) is 22.3. The molecule has 2 unspecified atom stereocenters. The highest BCUT2D eigenvalue weighted by atomic mass is 32.2. The number of carbonyl (C=O) groups excluding carboxylic acids is 3. The molecule has 2 N–H and O–H groups in total. The zero-order valence-corrected chi connectivity index (χ0v) is 23.1. The molecule has 2 aromatic rings. The van der Waals surface area contributed by atoms with Crippen molar-refractivity contribution in [2.75, 3.05) is 32.7 Å². The van der Waals surface area contributed by atoms with Crippen molar-refractivity contribution in [1.29, 1.82) is 0 Å². The van der Waals surface area contributed by atoms with Gasteiger partial charge in [-0.05, 0) is 20.1 Å². The van der Waals surface area contributed by atoms with Gasteiger partial charge in [-0.1, -0.05) is 11.8 Å². The average Bonchev–Trinajstić information content (AvgIpc) is 3.14. The number of carbonyl (C=O) groups is 3. The van der Waals surface area contributed by atoms with Crippen molar-refractivity contribution in [1.82, 2.24) is 19.4 Å². The Morgan fingerprint density at radius 1 is 1.14 bits per heavy atom. The second-order valence-electron chi connectivity index (χ2n) is 8.40. The molecule has 2 aromatic heterocycles. The van der Waals surface area contributed by atoms with E-state index < -0.39 is 42.4 Å². The van der Waals surface area contributed by atoms with Gasteiger partial charge in [0.25, 0.3) is 0 Å². The molecule has 204 valence electrons. The third-order valence-electron chi connectivity index (χ3n) is 4.95. The van der Waals surface area contributed by atoms with Crippen LogP contribution in [0.1, 0.15) is 40.8 Å². The second kappa shape index (κ2) is 13.2. The molecule has 0 aliphatic rings. The molecule has 0 amide bonds. The first kappa shape index (κ1) is 29.8. The molecule has 37 heavy (non-hydrogen) atoms. The Labute approximate surface area is 219 Å². The molecule has 14 heteroatoms. The van der Waals surface area contributed by atoms with Crippen molar-refractivity contribution in [3.8, 4) is 0 Å². The summed E-state index contributed by atoms with van der Waals surface area (Å²) in [6.45, 7) is 6.72. The van der Waals surface area contributed by atoms with E-state index >= 15 is 0 Å². The number of aliphatic imine (C=N–C) groups is 1. The van der Waals surface area contributed by atoms with Crippen LogP contribution in [0.15, 0.2) is 16.3 Å². The van der Waals surface area contributed by atoms with Crippen LogP contribution in [0.25, 0.3) is 11.0 Å². The number of aromatic nitrogens is 3. The summed E-state index contributed by atoms with van der Waals surface area (Å²) in [5.41, 5.74) is 7.18. The quantitative estimate of drug-likeness (QED) is 0.105. The number of hydrogen-bond donors (Lipinski definition) is 1. The number of nitrogen functional groups attached to an aromatic ring is 1. The Bertz CT molecular complexity index is 1150. The largest absolute Gasteiger partial charge is 0.463 e. The van der Waals surface area contributed by atoms with Crippen molar-refractivity contribution in [2.24, 2.45) is 4.99 Å². The fraction of sp³-hybridized carbons (Fsp3) is 0.565. The second-order valence-corrected chi connectivity index (χ2v) is 9.17. The molecule has 0 saturated carbocycles. The highest BCUT2D eigenvalue weighted by Crippen LogP contribution is 2.34. The van der Waals surface area contributed by atoms with Crippen molar-refractivity contribution in [3.05, 3.63) is 6.20 Å².